The summed E-state index contributed by atoms with van der Waals surface area (Å²) >= 11 is 0. The topological polar surface area (TPSA) is 87.7 Å². The normalized spacial score (nSPS) is 18.5. The monoisotopic (exact) mass is 403 g/mol. The van der Waals surface area contributed by atoms with Crippen LogP contribution in [0.4, 0.5) is 4.79 Å². The Balaban J connectivity index is 1.43. The van der Waals surface area contributed by atoms with Gasteiger partial charge in [0.05, 0.1) is 6.61 Å². The van der Waals surface area contributed by atoms with Crippen LogP contribution in [0.3, 0.4) is 0 Å². The highest BCUT2D eigenvalue weighted by Gasteiger charge is 2.49. The molecule has 30 heavy (non-hydrogen) atoms. The van der Waals surface area contributed by atoms with Crippen molar-refractivity contribution in [3.05, 3.63) is 83.9 Å². The Labute approximate surface area is 173 Å². The van der Waals surface area contributed by atoms with E-state index in [0.717, 1.165) is 21.2 Å². The summed E-state index contributed by atoms with van der Waals surface area (Å²) in [6.45, 7) is 1.39. The van der Waals surface area contributed by atoms with Crippen LogP contribution < -0.4 is 10.8 Å². The first kappa shape index (κ1) is 19.6. The highest BCUT2D eigenvalue weighted by atomic mass is 16.6. The van der Waals surface area contributed by atoms with Gasteiger partial charge in [0.15, 0.2) is 0 Å². The second-order valence-electron chi connectivity index (χ2n) is 7.31. The van der Waals surface area contributed by atoms with E-state index in [4.69, 9.17) is 4.84 Å². The second kappa shape index (κ2) is 7.96. The molecule has 1 aliphatic rings. The van der Waals surface area contributed by atoms with Crippen molar-refractivity contribution in [2.24, 2.45) is 0 Å². The molecule has 7 heteroatoms. The predicted molar refractivity (Wildman–Crippen MR) is 111 cm³/mol. The third-order valence-electron chi connectivity index (χ3n) is 5.17. The van der Waals surface area contributed by atoms with E-state index in [0.29, 0.717) is 5.56 Å². The fourth-order valence-corrected chi connectivity index (χ4v) is 3.49. The van der Waals surface area contributed by atoms with Gasteiger partial charge in [0.25, 0.3) is 11.8 Å². The van der Waals surface area contributed by atoms with E-state index in [1.54, 1.807) is 6.92 Å². The average Bonchev–Trinajstić information content (AvgIpc) is 2.98. The summed E-state index contributed by atoms with van der Waals surface area (Å²) in [6.07, 6.45) is 0. The lowest BCUT2D eigenvalue weighted by molar-refractivity contribution is -0.140. The lowest BCUT2D eigenvalue weighted by atomic mass is 9.90. The van der Waals surface area contributed by atoms with Gasteiger partial charge in [0.2, 0.25) is 0 Å². The molecule has 1 fully saturated rings. The van der Waals surface area contributed by atoms with Gasteiger partial charge < -0.3 is 5.32 Å². The number of carbonyl (C=O) groups excluding carboxylic acids is 3. The molecule has 0 radical (unpaired) electrons. The number of nitrogens with one attached hydrogen (secondary N) is 2. The van der Waals surface area contributed by atoms with Gasteiger partial charge in [-0.25, -0.2) is 10.3 Å². The van der Waals surface area contributed by atoms with Crippen LogP contribution in [0.25, 0.3) is 10.8 Å². The Morgan fingerprint density at radius 2 is 1.70 bits per heavy atom. The molecule has 2 N–H and O–H groups in total. The highest BCUT2D eigenvalue weighted by Crippen LogP contribution is 2.30. The number of urea groups is 1. The van der Waals surface area contributed by atoms with Crippen molar-refractivity contribution in [1.82, 2.24) is 15.7 Å². The number of rotatable bonds is 6. The lowest BCUT2D eigenvalue weighted by Crippen LogP contribution is -2.43. The maximum absolute atomic E-state index is 13.0. The smallest absolute Gasteiger partial charge is 0.319 e. The van der Waals surface area contributed by atoms with Gasteiger partial charge in [-0.1, -0.05) is 66.7 Å². The molecule has 0 unspecified atom stereocenters. The van der Waals surface area contributed by atoms with E-state index in [9.17, 15) is 14.4 Å². The van der Waals surface area contributed by atoms with Crippen LogP contribution in [0.15, 0.2) is 72.8 Å². The van der Waals surface area contributed by atoms with Crippen LogP contribution >= 0.6 is 0 Å². The first-order valence-corrected chi connectivity index (χ1v) is 9.55. The lowest BCUT2D eigenvalue weighted by Gasteiger charge is -2.22. The third kappa shape index (κ3) is 3.75. The molecular weight excluding hydrogens is 382 g/mol. The molecule has 3 aromatic rings. The average molecular weight is 403 g/mol. The summed E-state index contributed by atoms with van der Waals surface area (Å²) in [5.41, 5.74) is 2.58. The minimum atomic E-state index is -1.24. The number of fused-ring (bicyclic) bond motifs is 1. The molecule has 1 aliphatic heterocycles. The van der Waals surface area contributed by atoms with Crippen molar-refractivity contribution in [3.63, 3.8) is 0 Å². The van der Waals surface area contributed by atoms with Gasteiger partial charge >= 0.3 is 6.03 Å². The van der Waals surface area contributed by atoms with Gasteiger partial charge in [-0.3, -0.25) is 19.3 Å². The van der Waals surface area contributed by atoms with Gasteiger partial charge in [0.1, 0.15) is 12.1 Å². The largest absolute Gasteiger partial charge is 0.325 e. The van der Waals surface area contributed by atoms with Crippen LogP contribution in [0.1, 0.15) is 18.1 Å². The summed E-state index contributed by atoms with van der Waals surface area (Å²) in [4.78, 5) is 43.7. The van der Waals surface area contributed by atoms with E-state index < -0.39 is 29.9 Å². The van der Waals surface area contributed by atoms with Crippen molar-refractivity contribution in [1.29, 1.82) is 0 Å². The Hall–Kier alpha value is -3.71. The minimum Gasteiger partial charge on any atom is -0.319 e. The van der Waals surface area contributed by atoms with Crippen LogP contribution in [0.5, 0.6) is 0 Å². The Bertz CT molecular complexity index is 1120. The summed E-state index contributed by atoms with van der Waals surface area (Å²) in [6, 6.07) is 22.1. The molecule has 4 amide bonds. The van der Waals surface area contributed by atoms with Gasteiger partial charge in [0, 0.05) is 0 Å². The molecule has 1 heterocycles. The Morgan fingerprint density at radius 3 is 2.47 bits per heavy atom. The summed E-state index contributed by atoms with van der Waals surface area (Å²) in [7, 11) is 0. The standard InChI is InChI=1S/C23H21N3O4/c1-23(19-12-11-17-9-5-6-10-18(17)13-19)21(28)26(22(29)24-23)14-20(27)25-30-15-16-7-3-2-4-8-16/h2-13H,14-15H2,1H3,(H,24,29)(H,25,27)/t23-/m0/s1. The van der Waals surface area contributed by atoms with Crippen molar-refractivity contribution < 1.29 is 19.2 Å². The van der Waals surface area contributed by atoms with Crippen molar-refractivity contribution >= 4 is 28.6 Å². The number of carbonyl (C=O) groups is 3. The van der Waals surface area contributed by atoms with Crippen LogP contribution in [0.2, 0.25) is 0 Å². The predicted octanol–water partition coefficient (Wildman–Crippen LogP) is 2.85. The molecular formula is C23H21N3O4. The molecule has 0 aromatic heterocycles. The molecule has 1 saturated heterocycles. The van der Waals surface area contributed by atoms with Gasteiger partial charge in [-0.05, 0) is 34.9 Å². The van der Waals surface area contributed by atoms with E-state index in [1.165, 1.54) is 0 Å². The third-order valence-corrected chi connectivity index (χ3v) is 5.17. The van der Waals surface area contributed by atoms with Crippen LogP contribution in [-0.2, 0) is 26.6 Å². The minimum absolute atomic E-state index is 0.182. The number of imide groups is 1. The zero-order valence-corrected chi connectivity index (χ0v) is 16.4. The first-order chi connectivity index (χ1) is 14.5. The number of hydroxylamine groups is 1. The number of hydrogen-bond donors (Lipinski definition) is 2. The van der Waals surface area contributed by atoms with E-state index in [2.05, 4.69) is 10.8 Å². The first-order valence-electron chi connectivity index (χ1n) is 9.55. The van der Waals surface area contributed by atoms with Crippen LogP contribution in [-0.4, -0.2) is 29.3 Å². The zero-order valence-electron chi connectivity index (χ0n) is 16.4. The number of benzene rings is 3. The molecule has 0 bridgehead atoms. The fourth-order valence-electron chi connectivity index (χ4n) is 3.49. The molecule has 7 nitrogen and oxygen atoms in total. The number of hydrogen-bond acceptors (Lipinski definition) is 4. The van der Waals surface area contributed by atoms with Crippen LogP contribution in [0, 0.1) is 0 Å². The summed E-state index contributed by atoms with van der Waals surface area (Å²) in [5.74, 6) is -1.07. The fraction of sp³-hybridized carbons (Fsp3) is 0.174. The zero-order chi connectivity index (χ0) is 21.1. The maximum Gasteiger partial charge on any atom is 0.325 e. The Morgan fingerprint density at radius 1 is 1.00 bits per heavy atom. The molecule has 3 aromatic carbocycles. The summed E-state index contributed by atoms with van der Waals surface area (Å²) < 4.78 is 0. The molecule has 152 valence electrons. The van der Waals surface area contributed by atoms with E-state index in [-0.39, 0.29) is 6.61 Å². The quantitative estimate of drug-likeness (QED) is 0.489. The van der Waals surface area contributed by atoms with Gasteiger partial charge in [-0.2, -0.15) is 0 Å². The summed E-state index contributed by atoms with van der Waals surface area (Å²) in [5, 5.41) is 4.71. The van der Waals surface area contributed by atoms with E-state index >= 15 is 0 Å². The van der Waals surface area contributed by atoms with Gasteiger partial charge in [-0.15, -0.1) is 0 Å². The van der Waals surface area contributed by atoms with E-state index in [1.807, 2.05) is 72.8 Å². The molecule has 0 spiro atoms. The second-order valence-corrected chi connectivity index (χ2v) is 7.31. The van der Waals surface area contributed by atoms with Crippen molar-refractivity contribution in [2.75, 3.05) is 6.54 Å². The number of nitrogens with zero attached hydrogens (tertiary/aromatic N) is 1. The SMILES string of the molecule is C[C@@]1(c2ccc3ccccc3c2)NC(=O)N(CC(=O)NOCc2ccccc2)C1=O. The molecule has 1 atom stereocenters. The van der Waals surface area contributed by atoms with Crippen molar-refractivity contribution in [2.45, 2.75) is 19.1 Å². The molecule has 4 rings (SSSR count). The highest BCUT2D eigenvalue weighted by molar-refractivity contribution is 6.09. The number of amides is 4. The maximum atomic E-state index is 13.0. The molecule has 0 aliphatic carbocycles. The van der Waals surface area contributed by atoms with Crippen molar-refractivity contribution in [3.8, 4) is 0 Å². The molecule has 0 saturated carbocycles. The Kier molecular flexibility index (Phi) is 5.20.